The first-order chi connectivity index (χ1) is 16.1. The van der Waals surface area contributed by atoms with Crippen LogP contribution < -0.4 is 14.8 Å². The van der Waals surface area contributed by atoms with Crippen molar-refractivity contribution in [3.63, 3.8) is 0 Å². The Morgan fingerprint density at radius 3 is 2.27 bits per heavy atom. The zero-order valence-corrected chi connectivity index (χ0v) is 19.5. The molecule has 0 radical (unpaired) electrons. The van der Waals surface area contributed by atoms with Gasteiger partial charge in [0.05, 0.1) is 13.2 Å². The quantitative estimate of drug-likeness (QED) is 0.306. The highest BCUT2D eigenvalue weighted by Gasteiger charge is 2.31. The molecule has 0 saturated carbocycles. The summed E-state index contributed by atoms with van der Waals surface area (Å²) in [6, 6.07) is 23.7. The van der Waals surface area contributed by atoms with Gasteiger partial charge in [-0.3, -0.25) is 4.79 Å². The zero-order valence-electron chi connectivity index (χ0n) is 18.6. The van der Waals surface area contributed by atoms with Gasteiger partial charge in [-0.05, 0) is 30.2 Å². The molecule has 0 unspecified atom stereocenters. The standard InChI is InChI=1S/C26H29N3O3S/c1-32-25-13-12-21(16-29(25)31)26(30)28(18-23-24(33)14-15-27-23)17-22(19-8-4-2-5-9-19)20-10-6-3-7-11-20/h2-13,16,22-24,27,33H,14-15,17-18H2,1H3/t23-,24-/m0/s1. The van der Waals surface area contributed by atoms with Crippen LogP contribution in [0.25, 0.3) is 0 Å². The van der Waals surface area contributed by atoms with Crippen LogP contribution in [0, 0.1) is 5.21 Å². The molecule has 1 aliphatic heterocycles. The maximum atomic E-state index is 13.7. The molecule has 0 aliphatic carbocycles. The number of thiol groups is 1. The van der Waals surface area contributed by atoms with E-state index in [0.29, 0.717) is 23.4 Å². The molecule has 7 heteroatoms. The Labute approximate surface area is 200 Å². The number of ether oxygens (including phenoxy) is 1. The van der Waals surface area contributed by atoms with Gasteiger partial charge in [0.2, 0.25) is 0 Å². The van der Waals surface area contributed by atoms with Crippen LogP contribution in [0.4, 0.5) is 0 Å². The van der Waals surface area contributed by atoms with E-state index in [4.69, 9.17) is 17.4 Å². The summed E-state index contributed by atoms with van der Waals surface area (Å²) in [6.07, 6.45) is 2.24. The predicted octanol–water partition coefficient (Wildman–Crippen LogP) is 3.26. The first-order valence-electron chi connectivity index (χ1n) is 11.1. The first kappa shape index (κ1) is 23.1. The lowest BCUT2D eigenvalue weighted by Gasteiger charge is -2.31. The number of nitrogens with zero attached hydrogens (tertiary/aromatic N) is 2. The van der Waals surface area contributed by atoms with Crippen LogP contribution in [0.3, 0.4) is 0 Å². The summed E-state index contributed by atoms with van der Waals surface area (Å²) in [4.78, 5) is 15.5. The maximum Gasteiger partial charge on any atom is 0.379 e. The number of aromatic nitrogens is 1. The number of nitrogens with one attached hydrogen (secondary N) is 1. The van der Waals surface area contributed by atoms with Gasteiger partial charge in [-0.25, -0.2) is 0 Å². The van der Waals surface area contributed by atoms with E-state index in [0.717, 1.165) is 24.1 Å². The van der Waals surface area contributed by atoms with Crippen molar-refractivity contribution in [2.24, 2.45) is 0 Å². The second kappa shape index (κ2) is 10.7. The molecule has 4 rings (SSSR count). The van der Waals surface area contributed by atoms with Crippen molar-refractivity contribution in [2.45, 2.75) is 23.6 Å². The third kappa shape index (κ3) is 5.49. The molecule has 3 aromatic rings. The smallest absolute Gasteiger partial charge is 0.379 e. The summed E-state index contributed by atoms with van der Waals surface area (Å²) >= 11 is 4.72. The fourth-order valence-corrected chi connectivity index (χ4v) is 4.68. The molecule has 2 heterocycles. The van der Waals surface area contributed by atoms with Crippen molar-refractivity contribution >= 4 is 18.5 Å². The van der Waals surface area contributed by atoms with E-state index in [1.807, 2.05) is 41.3 Å². The van der Waals surface area contributed by atoms with Crippen LogP contribution in [0.5, 0.6) is 5.88 Å². The molecule has 33 heavy (non-hydrogen) atoms. The molecule has 0 spiro atoms. The number of amides is 1. The maximum absolute atomic E-state index is 13.7. The van der Waals surface area contributed by atoms with E-state index in [2.05, 4.69) is 29.6 Å². The number of carbonyl (C=O) groups is 1. The van der Waals surface area contributed by atoms with Crippen LogP contribution in [0.15, 0.2) is 79.0 Å². The van der Waals surface area contributed by atoms with Crippen molar-refractivity contribution in [1.82, 2.24) is 10.2 Å². The van der Waals surface area contributed by atoms with E-state index >= 15 is 0 Å². The van der Waals surface area contributed by atoms with Crippen molar-refractivity contribution < 1.29 is 14.3 Å². The topological polar surface area (TPSA) is 68.5 Å². The number of pyridine rings is 1. The normalized spacial score (nSPS) is 17.8. The average molecular weight is 464 g/mol. The molecule has 1 amide bonds. The number of benzene rings is 2. The van der Waals surface area contributed by atoms with E-state index < -0.39 is 0 Å². The molecule has 0 bridgehead atoms. The highest BCUT2D eigenvalue weighted by atomic mass is 32.1. The Balaban J connectivity index is 1.68. The van der Waals surface area contributed by atoms with Crippen molar-refractivity contribution in [1.29, 1.82) is 0 Å². The van der Waals surface area contributed by atoms with Gasteiger partial charge >= 0.3 is 5.88 Å². The van der Waals surface area contributed by atoms with E-state index in [1.165, 1.54) is 19.4 Å². The number of hydrogen-bond donors (Lipinski definition) is 2. The molecular weight excluding hydrogens is 434 g/mol. The van der Waals surface area contributed by atoms with Crippen molar-refractivity contribution in [3.05, 3.63) is 101 Å². The molecule has 2 atom stereocenters. The van der Waals surface area contributed by atoms with Crippen molar-refractivity contribution in [3.8, 4) is 5.88 Å². The highest BCUT2D eigenvalue weighted by molar-refractivity contribution is 7.81. The molecule has 6 nitrogen and oxygen atoms in total. The van der Waals surface area contributed by atoms with Crippen molar-refractivity contribution in [2.75, 3.05) is 26.7 Å². The minimum atomic E-state index is -0.187. The van der Waals surface area contributed by atoms with Gasteiger partial charge in [-0.1, -0.05) is 60.7 Å². The number of carbonyl (C=O) groups excluding carboxylic acids is 1. The second-order valence-corrected chi connectivity index (χ2v) is 8.95. The van der Waals surface area contributed by atoms with Crippen LogP contribution in [0.2, 0.25) is 0 Å². The minimum absolute atomic E-state index is 0.00579. The van der Waals surface area contributed by atoms with Crippen LogP contribution in [0.1, 0.15) is 33.8 Å². The first-order valence-corrected chi connectivity index (χ1v) is 11.7. The Morgan fingerprint density at radius 1 is 1.12 bits per heavy atom. The molecule has 1 aliphatic rings. The Kier molecular flexibility index (Phi) is 7.52. The fourth-order valence-electron chi connectivity index (χ4n) is 4.35. The molecule has 2 aromatic carbocycles. The van der Waals surface area contributed by atoms with E-state index in [-0.39, 0.29) is 29.0 Å². The largest absolute Gasteiger partial charge is 0.616 e. The Bertz CT molecular complexity index is 1030. The Morgan fingerprint density at radius 2 is 1.76 bits per heavy atom. The van der Waals surface area contributed by atoms with Crippen LogP contribution in [-0.4, -0.2) is 48.8 Å². The summed E-state index contributed by atoms with van der Waals surface area (Å²) in [7, 11) is 1.43. The van der Waals surface area contributed by atoms with Gasteiger partial charge in [-0.15, -0.1) is 4.73 Å². The summed E-state index contributed by atoms with van der Waals surface area (Å²) in [6.45, 7) is 1.87. The van der Waals surface area contributed by atoms with Crippen LogP contribution in [-0.2, 0) is 0 Å². The third-order valence-electron chi connectivity index (χ3n) is 6.16. The monoisotopic (exact) mass is 463 g/mol. The summed E-state index contributed by atoms with van der Waals surface area (Å²) < 4.78 is 5.64. The third-order valence-corrected chi connectivity index (χ3v) is 6.78. The lowest BCUT2D eigenvalue weighted by atomic mass is 9.90. The highest BCUT2D eigenvalue weighted by Crippen LogP contribution is 2.27. The molecule has 1 saturated heterocycles. The average Bonchev–Trinajstić information content (AvgIpc) is 3.26. The Hall–Kier alpha value is -3.03. The molecule has 1 fully saturated rings. The zero-order chi connectivity index (χ0) is 23.2. The van der Waals surface area contributed by atoms with Gasteiger partial charge in [0, 0.05) is 30.3 Å². The van der Waals surface area contributed by atoms with E-state index in [9.17, 15) is 10.0 Å². The minimum Gasteiger partial charge on any atom is -0.616 e. The van der Waals surface area contributed by atoms with Gasteiger partial charge in [0.25, 0.3) is 5.91 Å². The predicted molar refractivity (Wildman–Crippen MR) is 132 cm³/mol. The summed E-state index contributed by atoms with van der Waals surface area (Å²) in [5.74, 6) is -0.0421. The SMILES string of the molecule is COc1ccc(C(=O)N(CC(c2ccccc2)c2ccccc2)C[C@@H]2NCC[C@@H]2S)c[n+]1[O-]. The van der Waals surface area contributed by atoms with E-state index in [1.54, 1.807) is 6.07 Å². The number of rotatable bonds is 8. The summed E-state index contributed by atoms with van der Waals surface area (Å²) in [5, 5.41) is 15.9. The van der Waals surface area contributed by atoms with Gasteiger partial charge in [-0.2, -0.15) is 12.6 Å². The number of hydrogen-bond acceptors (Lipinski definition) is 5. The fraction of sp³-hybridized carbons (Fsp3) is 0.308. The molecule has 172 valence electrons. The van der Waals surface area contributed by atoms with Gasteiger partial charge in [0.15, 0.2) is 6.20 Å². The molecule has 1 aromatic heterocycles. The molecular formula is C26H29N3O3S. The molecule has 1 N–H and O–H groups in total. The number of methoxy groups -OCH3 is 1. The summed E-state index contributed by atoms with van der Waals surface area (Å²) in [5.41, 5.74) is 2.60. The second-order valence-electron chi connectivity index (χ2n) is 8.29. The van der Waals surface area contributed by atoms with Gasteiger partial charge in [0.1, 0.15) is 5.56 Å². The lowest BCUT2D eigenvalue weighted by molar-refractivity contribution is -0.612. The lowest BCUT2D eigenvalue weighted by Crippen LogP contribution is -2.46. The van der Waals surface area contributed by atoms with Gasteiger partial charge < -0.3 is 20.2 Å². The van der Waals surface area contributed by atoms with Crippen LogP contribution >= 0.6 is 12.6 Å².